The molecule has 4 N–H and O–H groups in total. The third kappa shape index (κ3) is 3.84. The molecule has 1 unspecified atom stereocenters. The molecule has 1 heterocycles. The van der Waals surface area contributed by atoms with Crippen LogP contribution >= 0.6 is 0 Å². The van der Waals surface area contributed by atoms with E-state index in [-0.39, 0.29) is 5.91 Å². The first-order valence-corrected chi connectivity index (χ1v) is 7.42. The van der Waals surface area contributed by atoms with E-state index in [2.05, 4.69) is 15.5 Å². The Balaban J connectivity index is 1.67. The number of carbonyl (C=O) groups excluding carboxylic acids is 1. The van der Waals surface area contributed by atoms with Crippen LogP contribution in [0, 0.1) is 0 Å². The molecule has 0 radical (unpaired) electrons. The number of nitrogens with zero attached hydrogens (tertiary/aromatic N) is 1. The summed E-state index contributed by atoms with van der Waals surface area (Å²) in [4.78, 5) is 12.3. The second kappa shape index (κ2) is 6.89. The van der Waals surface area contributed by atoms with E-state index in [0.29, 0.717) is 6.42 Å². The Morgan fingerprint density at radius 1 is 1.13 bits per heavy atom. The van der Waals surface area contributed by atoms with Gasteiger partial charge in [-0.3, -0.25) is 9.89 Å². The third-order valence-electron chi connectivity index (χ3n) is 3.60. The fourth-order valence-electron chi connectivity index (χ4n) is 2.38. The summed E-state index contributed by atoms with van der Waals surface area (Å²) in [5.74, 6) is -0.196. The van der Waals surface area contributed by atoms with Crippen molar-refractivity contribution in [2.45, 2.75) is 12.5 Å². The number of hydrogen-bond donors (Lipinski definition) is 3. The van der Waals surface area contributed by atoms with E-state index in [1.54, 1.807) is 6.20 Å². The summed E-state index contributed by atoms with van der Waals surface area (Å²) in [5, 5.41) is 9.58. The van der Waals surface area contributed by atoms with Crippen LogP contribution in [0.25, 0.3) is 11.1 Å². The fourth-order valence-corrected chi connectivity index (χ4v) is 2.38. The van der Waals surface area contributed by atoms with Gasteiger partial charge in [-0.25, -0.2) is 0 Å². The summed E-state index contributed by atoms with van der Waals surface area (Å²) in [7, 11) is 0. The van der Waals surface area contributed by atoms with Crippen molar-refractivity contribution < 1.29 is 4.79 Å². The molecule has 3 rings (SSSR count). The van der Waals surface area contributed by atoms with Crippen LogP contribution in [-0.2, 0) is 11.2 Å². The average molecular weight is 306 g/mol. The maximum absolute atomic E-state index is 12.3. The Morgan fingerprint density at radius 2 is 1.96 bits per heavy atom. The molecule has 1 amide bonds. The van der Waals surface area contributed by atoms with Crippen LogP contribution in [0.2, 0.25) is 0 Å². The Bertz CT molecular complexity index is 769. The van der Waals surface area contributed by atoms with E-state index in [1.165, 1.54) is 0 Å². The largest absolute Gasteiger partial charge is 0.325 e. The van der Waals surface area contributed by atoms with Gasteiger partial charge in [0.15, 0.2) is 0 Å². The zero-order chi connectivity index (χ0) is 16.1. The van der Waals surface area contributed by atoms with Crippen molar-refractivity contribution in [2.75, 3.05) is 5.32 Å². The van der Waals surface area contributed by atoms with Crippen LogP contribution in [0.15, 0.2) is 67.0 Å². The highest BCUT2D eigenvalue weighted by atomic mass is 16.2. The number of benzene rings is 2. The number of aromatic nitrogens is 2. The molecule has 0 aliphatic heterocycles. The Morgan fingerprint density at radius 3 is 2.70 bits per heavy atom. The lowest BCUT2D eigenvalue weighted by atomic mass is 10.1. The van der Waals surface area contributed by atoms with Gasteiger partial charge in [-0.15, -0.1) is 0 Å². The summed E-state index contributed by atoms with van der Waals surface area (Å²) in [6.07, 6.45) is 4.05. The molecule has 0 bridgehead atoms. The van der Waals surface area contributed by atoms with E-state index < -0.39 is 6.04 Å². The van der Waals surface area contributed by atoms with Gasteiger partial charge in [-0.05, 0) is 29.7 Å². The molecule has 1 aromatic heterocycles. The summed E-state index contributed by atoms with van der Waals surface area (Å²) in [6, 6.07) is 16.8. The van der Waals surface area contributed by atoms with Gasteiger partial charge in [0.2, 0.25) is 5.91 Å². The first-order chi connectivity index (χ1) is 11.2. The van der Waals surface area contributed by atoms with Gasteiger partial charge in [0.05, 0.1) is 12.2 Å². The van der Waals surface area contributed by atoms with Gasteiger partial charge in [0.1, 0.15) is 0 Å². The van der Waals surface area contributed by atoms with Gasteiger partial charge in [0.25, 0.3) is 0 Å². The summed E-state index contributed by atoms with van der Waals surface area (Å²) < 4.78 is 0. The predicted octanol–water partition coefficient (Wildman–Crippen LogP) is 2.59. The molecule has 0 saturated carbocycles. The highest BCUT2D eigenvalue weighted by Crippen LogP contribution is 2.21. The number of nitrogens with one attached hydrogen (secondary N) is 2. The highest BCUT2D eigenvalue weighted by Gasteiger charge is 2.14. The first-order valence-electron chi connectivity index (χ1n) is 7.42. The molecule has 0 spiro atoms. The number of aromatic amines is 1. The maximum atomic E-state index is 12.3. The van der Waals surface area contributed by atoms with Crippen molar-refractivity contribution in [3.63, 3.8) is 0 Å². The second-order valence-corrected chi connectivity index (χ2v) is 5.35. The number of rotatable bonds is 5. The van der Waals surface area contributed by atoms with E-state index in [0.717, 1.165) is 22.4 Å². The van der Waals surface area contributed by atoms with Gasteiger partial charge in [0, 0.05) is 17.4 Å². The van der Waals surface area contributed by atoms with E-state index in [9.17, 15) is 4.79 Å². The molecule has 0 aliphatic rings. The minimum absolute atomic E-state index is 0.196. The van der Waals surface area contributed by atoms with Crippen LogP contribution in [-0.4, -0.2) is 22.1 Å². The molecular weight excluding hydrogens is 288 g/mol. The Kier molecular flexibility index (Phi) is 4.49. The zero-order valence-corrected chi connectivity index (χ0v) is 12.6. The van der Waals surface area contributed by atoms with E-state index in [4.69, 9.17) is 5.73 Å². The fraction of sp³-hybridized carbons (Fsp3) is 0.111. The van der Waals surface area contributed by atoms with Crippen molar-refractivity contribution >= 4 is 11.6 Å². The Labute approximate surface area is 134 Å². The van der Waals surface area contributed by atoms with E-state index >= 15 is 0 Å². The molecule has 0 fully saturated rings. The molecule has 116 valence electrons. The number of carbonyl (C=O) groups is 1. The van der Waals surface area contributed by atoms with Crippen molar-refractivity contribution in [2.24, 2.45) is 5.73 Å². The molecule has 3 aromatic rings. The highest BCUT2D eigenvalue weighted by molar-refractivity contribution is 5.95. The van der Waals surface area contributed by atoms with Gasteiger partial charge < -0.3 is 11.1 Å². The minimum atomic E-state index is -0.588. The number of anilines is 1. The molecule has 0 saturated heterocycles. The van der Waals surface area contributed by atoms with Crippen LogP contribution < -0.4 is 11.1 Å². The molecule has 0 aliphatic carbocycles. The van der Waals surface area contributed by atoms with Crippen molar-refractivity contribution in [1.29, 1.82) is 0 Å². The normalized spacial score (nSPS) is 11.9. The summed E-state index contributed by atoms with van der Waals surface area (Å²) in [5.41, 5.74) is 9.71. The standard InChI is InChI=1S/C18H18N4O/c19-17(9-13-5-2-1-3-6-13)18(23)22-16-8-4-7-14(10-16)15-11-20-21-12-15/h1-8,10-12,17H,9,19H2,(H,20,21)(H,22,23). The third-order valence-corrected chi connectivity index (χ3v) is 3.60. The monoisotopic (exact) mass is 306 g/mol. The Hall–Kier alpha value is -2.92. The van der Waals surface area contributed by atoms with Crippen LogP contribution in [0.1, 0.15) is 5.56 Å². The quantitative estimate of drug-likeness (QED) is 0.677. The topological polar surface area (TPSA) is 83.8 Å². The van der Waals surface area contributed by atoms with Crippen LogP contribution in [0.5, 0.6) is 0 Å². The number of H-pyrrole nitrogens is 1. The predicted molar refractivity (Wildman–Crippen MR) is 90.8 cm³/mol. The molecular formula is C18H18N4O. The lowest BCUT2D eigenvalue weighted by molar-refractivity contribution is -0.117. The number of hydrogen-bond acceptors (Lipinski definition) is 3. The molecule has 23 heavy (non-hydrogen) atoms. The van der Waals surface area contributed by atoms with Gasteiger partial charge in [-0.1, -0.05) is 42.5 Å². The van der Waals surface area contributed by atoms with E-state index in [1.807, 2.05) is 60.8 Å². The lowest BCUT2D eigenvalue weighted by Gasteiger charge is -2.13. The zero-order valence-electron chi connectivity index (χ0n) is 12.6. The smallest absolute Gasteiger partial charge is 0.241 e. The minimum Gasteiger partial charge on any atom is -0.325 e. The molecule has 5 nitrogen and oxygen atoms in total. The van der Waals surface area contributed by atoms with Gasteiger partial charge >= 0.3 is 0 Å². The SMILES string of the molecule is NC(Cc1ccccc1)C(=O)Nc1cccc(-c2cn[nH]c2)c1. The second-order valence-electron chi connectivity index (χ2n) is 5.35. The maximum Gasteiger partial charge on any atom is 0.241 e. The van der Waals surface area contributed by atoms with Crippen molar-refractivity contribution in [3.8, 4) is 11.1 Å². The molecule has 1 atom stereocenters. The van der Waals surface area contributed by atoms with Crippen molar-refractivity contribution in [1.82, 2.24) is 10.2 Å². The first kappa shape index (κ1) is 15.0. The summed E-state index contributed by atoms with van der Waals surface area (Å²) >= 11 is 0. The number of nitrogens with two attached hydrogens (primary N) is 1. The van der Waals surface area contributed by atoms with Crippen LogP contribution in [0.4, 0.5) is 5.69 Å². The van der Waals surface area contributed by atoms with Gasteiger partial charge in [-0.2, -0.15) is 5.10 Å². The summed E-state index contributed by atoms with van der Waals surface area (Å²) in [6.45, 7) is 0. The average Bonchev–Trinajstić information content (AvgIpc) is 3.10. The molecule has 2 aromatic carbocycles. The number of amides is 1. The lowest BCUT2D eigenvalue weighted by Crippen LogP contribution is -2.37. The molecule has 5 heteroatoms. The van der Waals surface area contributed by atoms with Crippen molar-refractivity contribution in [3.05, 3.63) is 72.6 Å². The van der Waals surface area contributed by atoms with Crippen LogP contribution in [0.3, 0.4) is 0 Å².